The summed E-state index contributed by atoms with van der Waals surface area (Å²) >= 11 is 6.34. The minimum atomic E-state index is -0.878. The molecule has 1 atom stereocenters. The molecule has 1 aliphatic heterocycles. The van der Waals surface area contributed by atoms with E-state index in [0.29, 0.717) is 11.5 Å². The van der Waals surface area contributed by atoms with E-state index in [2.05, 4.69) is 4.98 Å². The topological polar surface area (TPSA) is 58.4 Å². The number of likely N-dealkylation sites (tertiary alicyclic amines) is 1. The highest BCUT2D eigenvalue weighted by molar-refractivity contribution is 6.30. The van der Waals surface area contributed by atoms with Crippen molar-refractivity contribution in [2.24, 2.45) is 7.05 Å². The third-order valence-corrected chi connectivity index (χ3v) is 4.65. The largest absolute Gasteiger partial charge is 0.480 e. The van der Waals surface area contributed by atoms with E-state index in [1.54, 1.807) is 0 Å². The summed E-state index contributed by atoms with van der Waals surface area (Å²) in [5.74, 6) is -0.190. The van der Waals surface area contributed by atoms with Crippen LogP contribution in [-0.2, 0) is 11.8 Å². The van der Waals surface area contributed by atoms with E-state index in [1.807, 2.05) is 46.8 Å². The van der Waals surface area contributed by atoms with Gasteiger partial charge >= 0.3 is 5.97 Å². The molecule has 6 heteroatoms. The molecule has 3 rings (SSSR count). The summed E-state index contributed by atoms with van der Waals surface area (Å²) in [5.41, 5.74) is 1.48. The Morgan fingerprint density at radius 3 is 2.48 bits per heavy atom. The predicted molar refractivity (Wildman–Crippen MR) is 89.5 cm³/mol. The molecule has 2 aromatic rings. The maximum absolute atomic E-state index is 11.9. The minimum absolute atomic E-state index is 0.268. The lowest BCUT2D eigenvalue weighted by atomic mass is 10.1. The van der Waals surface area contributed by atoms with Crippen molar-refractivity contribution in [2.45, 2.75) is 25.3 Å². The van der Waals surface area contributed by atoms with Crippen molar-refractivity contribution in [1.82, 2.24) is 14.5 Å². The van der Waals surface area contributed by atoms with Crippen molar-refractivity contribution in [1.29, 1.82) is 0 Å². The first-order valence-corrected chi connectivity index (χ1v) is 8.22. The molecule has 122 valence electrons. The zero-order valence-electron chi connectivity index (χ0n) is 13.1. The molecule has 0 bridgehead atoms. The molecule has 1 saturated heterocycles. The molecule has 5 nitrogen and oxygen atoms in total. The van der Waals surface area contributed by atoms with Gasteiger partial charge in [0, 0.05) is 12.6 Å². The molecule has 1 aromatic carbocycles. The number of hydrogen-bond acceptors (Lipinski definition) is 3. The van der Waals surface area contributed by atoms with E-state index < -0.39 is 12.0 Å². The lowest BCUT2D eigenvalue weighted by molar-refractivity contribution is -0.144. The fraction of sp³-hybridized carbons (Fsp3) is 0.412. The molecule has 1 unspecified atom stereocenters. The van der Waals surface area contributed by atoms with Crippen LogP contribution in [0.15, 0.2) is 30.3 Å². The van der Waals surface area contributed by atoms with Crippen molar-refractivity contribution in [3.8, 4) is 11.4 Å². The van der Waals surface area contributed by atoms with Crippen LogP contribution in [0.5, 0.6) is 0 Å². The van der Waals surface area contributed by atoms with Crippen LogP contribution in [0, 0.1) is 0 Å². The zero-order chi connectivity index (χ0) is 16.4. The monoisotopic (exact) mass is 333 g/mol. The summed E-state index contributed by atoms with van der Waals surface area (Å²) in [6.45, 7) is 1.55. The first-order valence-electron chi connectivity index (χ1n) is 7.84. The molecule has 0 amide bonds. The average Bonchev–Trinajstić information content (AvgIpc) is 2.85. The maximum Gasteiger partial charge on any atom is 0.327 e. The molecule has 1 aliphatic rings. The molecular weight excluding hydrogens is 314 g/mol. The number of hydrogen-bond donors (Lipinski definition) is 1. The van der Waals surface area contributed by atoms with Gasteiger partial charge in [-0.15, -0.1) is 0 Å². The van der Waals surface area contributed by atoms with Gasteiger partial charge in [-0.05, 0) is 25.9 Å². The van der Waals surface area contributed by atoms with Gasteiger partial charge < -0.3 is 9.67 Å². The van der Waals surface area contributed by atoms with Gasteiger partial charge in [0.15, 0.2) is 11.2 Å². The standard InChI is InChI=1S/C17H20ClN3O2/c1-20-13(14(17(22)23)21-10-6-3-7-11-21)15(18)19-16(20)12-8-4-2-5-9-12/h2,4-5,8-9,14H,3,6-7,10-11H2,1H3,(H,22,23). The first-order chi connectivity index (χ1) is 11.1. The lowest BCUT2D eigenvalue weighted by Crippen LogP contribution is -2.39. The molecule has 0 aliphatic carbocycles. The van der Waals surface area contributed by atoms with Crippen molar-refractivity contribution >= 4 is 17.6 Å². The van der Waals surface area contributed by atoms with Gasteiger partial charge in [-0.2, -0.15) is 0 Å². The molecule has 1 fully saturated rings. The highest BCUT2D eigenvalue weighted by atomic mass is 35.5. The number of carboxylic acid groups (broad SMARTS) is 1. The van der Waals surface area contributed by atoms with Gasteiger partial charge in [-0.1, -0.05) is 48.4 Å². The Morgan fingerprint density at radius 1 is 1.22 bits per heavy atom. The van der Waals surface area contributed by atoms with Crippen molar-refractivity contribution in [2.75, 3.05) is 13.1 Å². The Hall–Kier alpha value is -1.85. The molecule has 0 spiro atoms. The third kappa shape index (κ3) is 3.12. The number of aliphatic carboxylic acids is 1. The summed E-state index contributed by atoms with van der Waals surface area (Å²) in [6.07, 6.45) is 3.19. The van der Waals surface area contributed by atoms with Crippen LogP contribution < -0.4 is 0 Å². The Bertz CT molecular complexity index is 693. The molecule has 0 radical (unpaired) electrons. The van der Waals surface area contributed by atoms with E-state index >= 15 is 0 Å². The van der Waals surface area contributed by atoms with Crippen LogP contribution >= 0.6 is 11.6 Å². The number of rotatable bonds is 4. The van der Waals surface area contributed by atoms with Crippen LogP contribution in [0.1, 0.15) is 31.0 Å². The molecule has 1 aromatic heterocycles. The van der Waals surface area contributed by atoms with Gasteiger partial charge in [-0.25, -0.2) is 4.98 Å². The Balaban J connectivity index is 2.03. The Labute approximate surface area is 140 Å². The lowest BCUT2D eigenvalue weighted by Gasteiger charge is -2.32. The number of carbonyl (C=O) groups is 1. The molecule has 23 heavy (non-hydrogen) atoms. The summed E-state index contributed by atoms with van der Waals surface area (Å²) in [6, 6.07) is 8.92. The molecule has 2 heterocycles. The van der Waals surface area contributed by atoms with E-state index in [4.69, 9.17) is 11.6 Å². The van der Waals surface area contributed by atoms with Crippen LogP contribution in [0.25, 0.3) is 11.4 Å². The number of aromatic nitrogens is 2. The second-order valence-electron chi connectivity index (χ2n) is 5.87. The number of halogens is 1. The molecular formula is C17H20ClN3O2. The van der Waals surface area contributed by atoms with E-state index in [9.17, 15) is 9.90 Å². The summed E-state index contributed by atoms with van der Waals surface area (Å²) in [5, 5.41) is 10.0. The normalized spacial score (nSPS) is 17.1. The van der Waals surface area contributed by atoms with Crippen molar-refractivity contribution < 1.29 is 9.90 Å². The van der Waals surface area contributed by atoms with Gasteiger partial charge in [0.05, 0.1) is 5.69 Å². The van der Waals surface area contributed by atoms with E-state index in [1.165, 1.54) is 0 Å². The van der Waals surface area contributed by atoms with E-state index in [-0.39, 0.29) is 5.15 Å². The van der Waals surface area contributed by atoms with Crippen molar-refractivity contribution in [3.05, 3.63) is 41.2 Å². The highest BCUT2D eigenvalue weighted by Gasteiger charge is 2.34. The van der Waals surface area contributed by atoms with Gasteiger partial charge in [0.25, 0.3) is 0 Å². The first kappa shape index (κ1) is 16.0. The zero-order valence-corrected chi connectivity index (χ0v) is 13.8. The Morgan fingerprint density at radius 2 is 1.87 bits per heavy atom. The SMILES string of the molecule is Cn1c(-c2ccccc2)nc(Cl)c1C(C(=O)O)N1CCCCC1. The third-order valence-electron chi connectivity index (χ3n) is 4.38. The number of benzene rings is 1. The van der Waals surface area contributed by atoms with Crippen LogP contribution in [0.2, 0.25) is 5.15 Å². The summed E-state index contributed by atoms with van der Waals surface area (Å²) in [4.78, 5) is 18.3. The second-order valence-corrected chi connectivity index (χ2v) is 6.23. The van der Waals surface area contributed by atoms with Crippen molar-refractivity contribution in [3.63, 3.8) is 0 Å². The predicted octanol–water partition coefficient (Wildman–Crippen LogP) is 3.35. The van der Waals surface area contributed by atoms with Gasteiger partial charge in [-0.3, -0.25) is 9.69 Å². The fourth-order valence-corrected chi connectivity index (χ4v) is 3.55. The summed E-state index contributed by atoms with van der Waals surface area (Å²) < 4.78 is 1.81. The smallest absolute Gasteiger partial charge is 0.327 e. The highest BCUT2D eigenvalue weighted by Crippen LogP contribution is 2.33. The van der Waals surface area contributed by atoms with Gasteiger partial charge in [0.2, 0.25) is 0 Å². The van der Waals surface area contributed by atoms with E-state index in [0.717, 1.165) is 37.9 Å². The van der Waals surface area contributed by atoms with Gasteiger partial charge in [0.1, 0.15) is 5.82 Å². The van der Waals surface area contributed by atoms with Crippen LogP contribution in [0.3, 0.4) is 0 Å². The fourth-order valence-electron chi connectivity index (χ4n) is 3.24. The number of nitrogens with zero attached hydrogens (tertiary/aromatic N) is 3. The minimum Gasteiger partial charge on any atom is -0.480 e. The second kappa shape index (κ2) is 6.72. The quantitative estimate of drug-likeness (QED) is 0.932. The summed E-state index contributed by atoms with van der Waals surface area (Å²) in [7, 11) is 1.83. The number of imidazole rings is 1. The molecule has 0 saturated carbocycles. The number of piperidine rings is 1. The van der Waals surface area contributed by atoms with Crippen LogP contribution in [-0.4, -0.2) is 38.6 Å². The Kier molecular flexibility index (Phi) is 4.68. The van der Waals surface area contributed by atoms with Crippen LogP contribution in [0.4, 0.5) is 0 Å². The maximum atomic E-state index is 11.9. The average molecular weight is 334 g/mol. The number of carboxylic acids is 1. The molecule has 1 N–H and O–H groups in total.